The number of allylic oxidation sites excluding steroid dienone is 20. The number of hydrogen-bond donors (Lipinski definition) is 0. The third-order valence-electron chi connectivity index (χ3n) is 15.2. The van der Waals surface area contributed by atoms with Crippen LogP contribution in [0.15, 0.2) is 122 Å². The molecule has 0 fully saturated rings. The van der Waals surface area contributed by atoms with E-state index in [2.05, 4.69) is 135 Å². The highest BCUT2D eigenvalue weighted by molar-refractivity contribution is 5.70. The van der Waals surface area contributed by atoms with E-state index in [9.17, 15) is 19.5 Å². The molecule has 2 unspecified atom stereocenters. The summed E-state index contributed by atoms with van der Waals surface area (Å²) in [7, 11) is 5.92. The second-order valence-corrected chi connectivity index (χ2v) is 24.8. The molecule has 0 bridgehead atoms. The lowest BCUT2D eigenvalue weighted by Gasteiger charge is -2.26. The number of nitrogens with zero attached hydrogens (tertiary/aromatic N) is 1. The second kappa shape index (κ2) is 67.6. The largest absolute Gasteiger partial charge is 0.545 e. The lowest BCUT2D eigenvalue weighted by atomic mass is 10.0. The predicted molar refractivity (Wildman–Crippen MR) is 370 cm³/mol. The summed E-state index contributed by atoms with van der Waals surface area (Å²) in [4.78, 5) is 37.5. The number of quaternary nitrogens is 1. The maximum Gasteiger partial charge on any atom is 0.306 e. The van der Waals surface area contributed by atoms with Crippen LogP contribution in [0.1, 0.15) is 296 Å². The number of likely N-dealkylation sites (N-methyl/N-ethyl adjacent to an activating group) is 1. The van der Waals surface area contributed by atoms with Crippen molar-refractivity contribution in [3.63, 3.8) is 0 Å². The van der Waals surface area contributed by atoms with Crippen LogP contribution in [0, 0.1) is 0 Å². The van der Waals surface area contributed by atoms with E-state index < -0.39 is 24.3 Å². The van der Waals surface area contributed by atoms with Crippen LogP contribution in [0.5, 0.6) is 0 Å². The summed E-state index contributed by atoms with van der Waals surface area (Å²) in [5.74, 6) is -2.30. The smallest absolute Gasteiger partial charge is 0.306 e. The van der Waals surface area contributed by atoms with E-state index in [4.69, 9.17) is 18.9 Å². The molecule has 0 aliphatic rings. The molecule has 0 rings (SSSR count). The van der Waals surface area contributed by atoms with E-state index in [0.717, 1.165) is 122 Å². The van der Waals surface area contributed by atoms with Crippen molar-refractivity contribution in [1.82, 2.24) is 0 Å². The number of carboxylic acid groups (broad SMARTS) is 1. The number of rotatable bonds is 65. The van der Waals surface area contributed by atoms with Crippen LogP contribution in [0.2, 0.25) is 0 Å². The summed E-state index contributed by atoms with van der Waals surface area (Å²) in [5.41, 5.74) is 0. The monoisotopic (exact) mass is 1210 g/mol. The Labute approximate surface area is 536 Å². The Kier molecular flexibility index (Phi) is 64.3. The van der Waals surface area contributed by atoms with Gasteiger partial charge >= 0.3 is 11.9 Å². The van der Waals surface area contributed by atoms with Crippen molar-refractivity contribution in [2.24, 2.45) is 0 Å². The second-order valence-electron chi connectivity index (χ2n) is 24.8. The third-order valence-corrected chi connectivity index (χ3v) is 15.2. The average molecular weight is 1210 g/mol. The normalized spacial score (nSPS) is 13.4. The highest BCUT2D eigenvalue weighted by Gasteiger charge is 2.22. The van der Waals surface area contributed by atoms with Crippen LogP contribution in [0.25, 0.3) is 0 Å². The van der Waals surface area contributed by atoms with Gasteiger partial charge in [0.05, 0.1) is 40.3 Å². The molecule has 0 spiro atoms. The van der Waals surface area contributed by atoms with E-state index in [0.29, 0.717) is 17.4 Å². The summed E-state index contributed by atoms with van der Waals surface area (Å²) >= 11 is 0. The van der Waals surface area contributed by atoms with Crippen molar-refractivity contribution < 1.29 is 42.9 Å². The predicted octanol–water partition coefficient (Wildman–Crippen LogP) is 21.0. The summed E-state index contributed by atoms with van der Waals surface area (Å²) in [5, 5.41) is 11.8. The van der Waals surface area contributed by atoms with Gasteiger partial charge in [-0.25, -0.2) is 0 Å². The molecule has 0 aromatic rings. The molecular formula is C78H133NO8. The maximum atomic E-state index is 12.9. The zero-order chi connectivity index (χ0) is 63.3. The molecule has 0 amide bonds. The Bertz CT molecular complexity index is 1840. The Hall–Kier alpha value is -4.31. The van der Waals surface area contributed by atoms with Gasteiger partial charge in [-0.05, 0) is 103 Å². The fraction of sp³-hybridized carbons (Fsp3) is 0.705. The minimum atomic E-state index is -1.63. The first-order valence-electron chi connectivity index (χ1n) is 35.7. The Balaban J connectivity index is 4.07. The quantitative estimate of drug-likeness (QED) is 0.0195. The van der Waals surface area contributed by atoms with Crippen molar-refractivity contribution >= 4 is 17.9 Å². The molecular weight excluding hydrogens is 1080 g/mol. The van der Waals surface area contributed by atoms with Crippen LogP contribution < -0.4 is 5.11 Å². The molecule has 0 aromatic heterocycles. The van der Waals surface area contributed by atoms with E-state index in [1.165, 1.54) is 141 Å². The standard InChI is InChI=1S/C78H133NO8/c1-6-8-10-12-14-16-18-20-22-24-26-28-30-32-33-34-35-36-37-38-39-40-41-42-43-45-46-48-50-52-54-56-58-60-62-64-66-68-75(80)85-72-74(73-86-78(77(82)83)84-71-70-79(3,4)5)87-76(81)69-67-65-63-61-59-57-55-53-51-49-47-44-31-29-27-25-23-21-19-17-15-13-11-9-7-2/h8-11,14-17,20-23,26-29,44,47,51,53,74,78H,6-7,12-13,18-19,24-25,30-43,45-46,48-50,52,54-73H2,1-5H3/b10-8-,11-9-,16-14-,17-15-,22-20-,23-21-,28-26-,29-27-,47-44-,53-51-. The summed E-state index contributed by atoms with van der Waals surface area (Å²) in [6, 6.07) is 0. The Morgan fingerprint density at radius 3 is 0.920 bits per heavy atom. The van der Waals surface area contributed by atoms with Gasteiger partial charge in [0.25, 0.3) is 0 Å². The first-order valence-corrected chi connectivity index (χ1v) is 35.7. The Morgan fingerprint density at radius 1 is 0.345 bits per heavy atom. The van der Waals surface area contributed by atoms with Gasteiger partial charge in [-0.2, -0.15) is 0 Å². The highest BCUT2D eigenvalue weighted by atomic mass is 16.7. The van der Waals surface area contributed by atoms with Gasteiger partial charge in [-0.3, -0.25) is 9.59 Å². The zero-order valence-corrected chi connectivity index (χ0v) is 56.9. The van der Waals surface area contributed by atoms with Gasteiger partial charge in [0.1, 0.15) is 13.2 Å². The first-order chi connectivity index (χ1) is 42.6. The fourth-order valence-electron chi connectivity index (χ4n) is 9.83. The molecule has 87 heavy (non-hydrogen) atoms. The van der Waals surface area contributed by atoms with Gasteiger partial charge < -0.3 is 33.3 Å². The van der Waals surface area contributed by atoms with Gasteiger partial charge in [0.15, 0.2) is 12.4 Å². The van der Waals surface area contributed by atoms with Crippen LogP contribution in [0.3, 0.4) is 0 Å². The molecule has 9 nitrogen and oxygen atoms in total. The van der Waals surface area contributed by atoms with Crippen LogP contribution in [-0.4, -0.2) is 82.3 Å². The van der Waals surface area contributed by atoms with Crippen molar-refractivity contribution in [3.8, 4) is 0 Å². The minimum absolute atomic E-state index is 0.140. The highest BCUT2D eigenvalue weighted by Crippen LogP contribution is 2.18. The molecule has 9 heteroatoms. The molecule has 2 atom stereocenters. The summed E-state index contributed by atoms with van der Waals surface area (Å²) in [6.45, 7) is 4.52. The van der Waals surface area contributed by atoms with Gasteiger partial charge in [-0.1, -0.05) is 302 Å². The van der Waals surface area contributed by atoms with Gasteiger partial charge in [0.2, 0.25) is 0 Å². The maximum absolute atomic E-state index is 12.9. The van der Waals surface area contributed by atoms with E-state index in [1.807, 2.05) is 21.1 Å². The number of aliphatic carboxylic acids is 1. The molecule has 0 N–H and O–H groups in total. The van der Waals surface area contributed by atoms with Gasteiger partial charge in [0, 0.05) is 12.8 Å². The number of hydrogen-bond acceptors (Lipinski definition) is 8. The molecule has 0 aliphatic heterocycles. The van der Waals surface area contributed by atoms with Crippen LogP contribution >= 0.6 is 0 Å². The number of ether oxygens (including phenoxy) is 4. The zero-order valence-electron chi connectivity index (χ0n) is 56.9. The fourth-order valence-corrected chi connectivity index (χ4v) is 9.83. The number of esters is 2. The molecule has 0 saturated heterocycles. The topological polar surface area (TPSA) is 111 Å². The van der Waals surface area contributed by atoms with Crippen LogP contribution in [-0.2, 0) is 33.3 Å². The van der Waals surface area contributed by atoms with Crippen molar-refractivity contribution in [2.75, 3.05) is 47.5 Å². The SMILES string of the molecule is CC/C=C\C/C=C\C/C=C\C/C=C\C/C=C\C/C=C\CCCCCCCCC(=O)OC(COC(=O)CCCCCCCCCCCCCCCCCCCCCCCCCC/C=C\C/C=C\C/C=C\C/C=C\CC)COC(OCC[N+](C)(C)C)C(=O)[O-]. The molecule has 0 heterocycles. The van der Waals surface area contributed by atoms with E-state index in [-0.39, 0.29) is 38.6 Å². The van der Waals surface area contributed by atoms with E-state index >= 15 is 0 Å². The number of unbranched alkanes of at least 4 members (excludes halogenated alkanes) is 30. The van der Waals surface area contributed by atoms with Crippen molar-refractivity contribution in [1.29, 1.82) is 0 Å². The van der Waals surface area contributed by atoms with Crippen molar-refractivity contribution in [2.45, 2.75) is 309 Å². The molecule has 0 radical (unpaired) electrons. The third kappa shape index (κ3) is 69.0. The molecule has 498 valence electrons. The Morgan fingerprint density at radius 2 is 0.621 bits per heavy atom. The van der Waals surface area contributed by atoms with Crippen LogP contribution in [0.4, 0.5) is 0 Å². The lowest BCUT2D eigenvalue weighted by Crippen LogP contribution is -2.44. The lowest BCUT2D eigenvalue weighted by molar-refractivity contribution is -0.870. The average Bonchev–Trinajstić information content (AvgIpc) is 3.59. The molecule has 0 saturated carbocycles. The molecule has 0 aliphatic carbocycles. The number of carbonyl (C=O) groups is 3. The number of carboxylic acids is 1. The summed E-state index contributed by atoms with van der Waals surface area (Å²) in [6.07, 6.45) is 92.9. The van der Waals surface area contributed by atoms with Gasteiger partial charge in [-0.15, -0.1) is 0 Å². The first kappa shape index (κ1) is 82.7. The number of carbonyl (C=O) groups excluding carboxylic acids is 3. The minimum Gasteiger partial charge on any atom is -0.545 e. The van der Waals surface area contributed by atoms with E-state index in [1.54, 1.807) is 0 Å². The van der Waals surface area contributed by atoms with Crippen molar-refractivity contribution in [3.05, 3.63) is 122 Å². The summed E-state index contributed by atoms with van der Waals surface area (Å²) < 4.78 is 22.8. The molecule has 0 aromatic carbocycles.